The van der Waals surface area contributed by atoms with E-state index >= 15 is 0 Å². The summed E-state index contributed by atoms with van der Waals surface area (Å²) in [5, 5.41) is 11.0. The van der Waals surface area contributed by atoms with Crippen LogP contribution in [0.25, 0.3) is 0 Å². The Hall–Kier alpha value is -2.11. The van der Waals surface area contributed by atoms with Gasteiger partial charge in [-0.25, -0.2) is 0 Å². The summed E-state index contributed by atoms with van der Waals surface area (Å²) in [6.07, 6.45) is 4.51. The molecular weight excluding hydrogens is 274 g/mol. The Labute approximate surface area is 123 Å². The van der Waals surface area contributed by atoms with Gasteiger partial charge in [0, 0.05) is 6.07 Å². The second kappa shape index (κ2) is 6.56. The zero-order valence-electron chi connectivity index (χ0n) is 12.2. The molecule has 21 heavy (non-hydrogen) atoms. The molecular formula is C15H19NO5. The maximum absolute atomic E-state index is 11.0. The minimum absolute atomic E-state index is 0.0125. The van der Waals surface area contributed by atoms with Gasteiger partial charge >= 0.3 is 0 Å². The van der Waals surface area contributed by atoms with Crippen molar-refractivity contribution in [3.63, 3.8) is 0 Å². The number of nitro groups is 1. The molecule has 0 bridgehead atoms. The summed E-state index contributed by atoms with van der Waals surface area (Å²) >= 11 is 0. The van der Waals surface area contributed by atoms with Gasteiger partial charge in [0.2, 0.25) is 0 Å². The Morgan fingerprint density at radius 3 is 2.43 bits per heavy atom. The molecule has 1 saturated carbocycles. The van der Waals surface area contributed by atoms with Crippen LogP contribution in [0.2, 0.25) is 0 Å². The average molecular weight is 293 g/mol. The molecule has 1 aliphatic rings. The van der Waals surface area contributed by atoms with E-state index in [1.807, 2.05) is 0 Å². The van der Waals surface area contributed by atoms with Crippen molar-refractivity contribution in [1.82, 2.24) is 0 Å². The van der Waals surface area contributed by atoms with E-state index < -0.39 is 4.92 Å². The van der Waals surface area contributed by atoms with E-state index in [2.05, 4.69) is 6.92 Å². The Balaban J connectivity index is 2.26. The predicted octanol–water partition coefficient (Wildman–Crippen LogP) is 3.37. The van der Waals surface area contributed by atoms with Crippen molar-refractivity contribution in [3.8, 4) is 11.5 Å². The van der Waals surface area contributed by atoms with Crippen LogP contribution in [-0.4, -0.2) is 24.4 Å². The molecule has 0 N–H and O–H groups in total. The first-order chi connectivity index (χ1) is 10.0. The van der Waals surface area contributed by atoms with Crippen molar-refractivity contribution in [1.29, 1.82) is 0 Å². The number of methoxy groups -OCH3 is 1. The number of benzene rings is 1. The topological polar surface area (TPSA) is 78.7 Å². The number of aldehydes is 1. The van der Waals surface area contributed by atoms with E-state index in [1.165, 1.54) is 19.2 Å². The maximum atomic E-state index is 11.0. The van der Waals surface area contributed by atoms with Gasteiger partial charge in [0.25, 0.3) is 5.69 Å². The number of nitrogens with zero attached hydrogens (tertiary/aromatic N) is 1. The molecule has 6 heteroatoms. The zero-order valence-corrected chi connectivity index (χ0v) is 12.2. The third-order valence-electron chi connectivity index (χ3n) is 3.89. The van der Waals surface area contributed by atoms with E-state index in [0.717, 1.165) is 25.7 Å². The van der Waals surface area contributed by atoms with Gasteiger partial charge in [0.05, 0.1) is 29.8 Å². The van der Waals surface area contributed by atoms with Gasteiger partial charge in [0.15, 0.2) is 17.8 Å². The van der Waals surface area contributed by atoms with E-state index in [-0.39, 0.29) is 17.4 Å². The number of nitro benzene ring substituents is 1. The molecule has 1 aromatic rings. The van der Waals surface area contributed by atoms with Crippen molar-refractivity contribution in [3.05, 3.63) is 27.8 Å². The van der Waals surface area contributed by atoms with Crippen molar-refractivity contribution < 1.29 is 19.2 Å². The molecule has 1 aliphatic carbocycles. The van der Waals surface area contributed by atoms with Gasteiger partial charge in [-0.15, -0.1) is 0 Å². The van der Waals surface area contributed by atoms with Crippen molar-refractivity contribution in [2.75, 3.05) is 7.11 Å². The van der Waals surface area contributed by atoms with Crippen LogP contribution >= 0.6 is 0 Å². The molecule has 0 aromatic heterocycles. The fourth-order valence-electron chi connectivity index (χ4n) is 2.60. The van der Waals surface area contributed by atoms with E-state index in [4.69, 9.17) is 9.47 Å². The third kappa shape index (κ3) is 3.51. The standard InChI is InChI=1S/C15H19NO5/c1-10-3-5-12(6-4-10)21-15-8-13(16(18)19)11(9-17)7-14(15)20-2/h7-10,12H,3-6H2,1-2H3. The highest BCUT2D eigenvalue weighted by atomic mass is 16.6. The molecule has 0 saturated heterocycles. The lowest BCUT2D eigenvalue weighted by molar-refractivity contribution is -0.385. The van der Waals surface area contributed by atoms with Gasteiger partial charge in [0.1, 0.15) is 0 Å². The summed E-state index contributed by atoms with van der Waals surface area (Å²) in [4.78, 5) is 21.4. The van der Waals surface area contributed by atoms with Gasteiger partial charge in [-0.05, 0) is 31.6 Å². The van der Waals surface area contributed by atoms with Gasteiger partial charge in [-0.2, -0.15) is 0 Å². The predicted molar refractivity (Wildman–Crippen MR) is 77.1 cm³/mol. The normalized spacial score (nSPS) is 21.6. The first kappa shape index (κ1) is 15.3. The Bertz CT molecular complexity index is 535. The smallest absolute Gasteiger partial charge is 0.283 e. The fraction of sp³-hybridized carbons (Fsp3) is 0.533. The van der Waals surface area contributed by atoms with Crippen LogP contribution in [0.15, 0.2) is 12.1 Å². The lowest BCUT2D eigenvalue weighted by Gasteiger charge is -2.27. The van der Waals surface area contributed by atoms with Crippen LogP contribution < -0.4 is 9.47 Å². The summed E-state index contributed by atoms with van der Waals surface area (Å²) in [5.41, 5.74) is -0.272. The summed E-state index contributed by atoms with van der Waals surface area (Å²) < 4.78 is 11.0. The van der Waals surface area contributed by atoms with Gasteiger partial charge in [-0.1, -0.05) is 6.92 Å². The minimum atomic E-state index is -0.584. The van der Waals surface area contributed by atoms with Crippen LogP contribution in [0, 0.1) is 16.0 Å². The SMILES string of the molecule is COc1cc(C=O)c([N+](=O)[O-])cc1OC1CCC(C)CC1. The molecule has 0 heterocycles. The zero-order chi connectivity index (χ0) is 15.4. The van der Waals surface area contributed by atoms with Crippen molar-refractivity contribution >= 4 is 12.0 Å². The van der Waals surface area contributed by atoms with Crippen LogP contribution in [0.4, 0.5) is 5.69 Å². The lowest BCUT2D eigenvalue weighted by atomic mass is 9.89. The molecule has 0 radical (unpaired) electrons. The van der Waals surface area contributed by atoms with Gasteiger partial charge in [-0.3, -0.25) is 14.9 Å². The van der Waals surface area contributed by atoms with Crippen LogP contribution in [0.3, 0.4) is 0 Å². The van der Waals surface area contributed by atoms with Crippen LogP contribution in [-0.2, 0) is 0 Å². The molecule has 0 amide bonds. The maximum Gasteiger partial charge on any atom is 0.283 e. The molecule has 114 valence electrons. The number of rotatable bonds is 5. The van der Waals surface area contributed by atoms with E-state index in [0.29, 0.717) is 23.7 Å². The second-order valence-corrected chi connectivity index (χ2v) is 5.44. The first-order valence-electron chi connectivity index (χ1n) is 7.03. The molecule has 1 aromatic carbocycles. The monoisotopic (exact) mass is 293 g/mol. The Morgan fingerprint density at radius 1 is 1.24 bits per heavy atom. The fourth-order valence-corrected chi connectivity index (χ4v) is 2.60. The lowest BCUT2D eigenvalue weighted by Crippen LogP contribution is -2.23. The van der Waals surface area contributed by atoms with E-state index in [1.54, 1.807) is 0 Å². The quantitative estimate of drug-likeness (QED) is 0.472. The largest absolute Gasteiger partial charge is 0.493 e. The highest BCUT2D eigenvalue weighted by Crippen LogP contribution is 2.36. The molecule has 0 unspecified atom stereocenters. The van der Waals surface area contributed by atoms with Gasteiger partial charge < -0.3 is 9.47 Å². The summed E-state index contributed by atoms with van der Waals surface area (Å²) in [7, 11) is 1.45. The molecule has 1 fully saturated rings. The minimum Gasteiger partial charge on any atom is -0.493 e. The average Bonchev–Trinajstić information content (AvgIpc) is 2.49. The number of carbonyl (C=O) groups is 1. The van der Waals surface area contributed by atoms with Crippen molar-refractivity contribution in [2.24, 2.45) is 5.92 Å². The number of ether oxygens (including phenoxy) is 2. The van der Waals surface area contributed by atoms with Crippen LogP contribution in [0.5, 0.6) is 11.5 Å². The second-order valence-electron chi connectivity index (χ2n) is 5.44. The molecule has 6 nitrogen and oxygen atoms in total. The summed E-state index contributed by atoms with van der Waals surface area (Å²) in [5.74, 6) is 1.37. The number of hydrogen-bond acceptors (Lipinski definition) is 5. The Morgan fingerprint density at radius 2 is 1.90 bits per heavy atom. The number of hydrogen-bond donors (Lipinski definition) is 0. The highest BCUT2D eigenvalue weighted by Gasteiger charge is 2.24. The summed E-state index contributed by atoms with van der Waals surface area (Å²) in [6.45, 7) is 2.21. The highest BCUT2D eigenvalue weighted by molar-refractivity contribution is 5.83. The Kier molecular flexibility index (Phi) is 4.77. The van der Waals surface area contributed by atoms with Crippen LogP contribution in [0.1, 0.15) is 43.0 Å². The molecule has 0 atom stereocenters. The first-order valence-corrected chi connectivity index (χ1v) is 7.03. The molecule has 0 spiro atoms. The van der Waals surface area contributed by atoms with E-state index in [9.17, 15) is 14.9 Å². The summed E-state index contributed by atoms with van der Waals surface area (Å²) in [6, 6.07) is 2.63. The number of carbonyl (C=O) groups excluding carboxylic acids is 1. The molecule has 0 aliphatic heterocycles. The third-order valence-corrected chi connectivity index (χ3v) is 3.89. The molecule has 2 rings (SSSR count). The van der Waals surface area contributed by atoms with Crippen molar-refractivity contribution in [2.45, 2.75) is 38.7 Å².